The molecule has 1 saturated heterocycles. The second-order valence-electron chi connectivity index (χ2n) is 6.30. The first-order valence-electron chi connectivity index (χ1n) is 8.64. The summed E-state index contributed by atoms with van der Waals surface area (Å²) in [6.07, 6.45) is -0.586. The zero-order chi connectivity index (χ0) is 19.4. The summed E-state index contributed by atoms with van der Waals surface area (Å²) in [4.78, 5) is 26.8. The van der Waals surface area contributed by atoms with Crippen LogP contribution in [0.5, 0.6) is 5.75 Å². The fourth-order valence-electron chi connectivity index (χ4n) is 3.00. The minimum Gasteiger partial charge on any atom is -0.481 e. The molecule has 27 heavy (non-hydrogen) atoms. The van der Waals surface area contributed by atoms with Gasteiger partial charge in [-0.05, 0) is 43.3 Å². The molecular formula is C19H20ClN3O4. The number of carbonyl (C=O) groups excluding carboxylic acids is 1. The van der Waals surface area contributed by atoms with Crippen molar-refractivity contribution in [3.63, 3.8) is 0 Å². The molecule has 1 aliphatic heterocycles. The van der Waals surface area contributed by atoms with Crippen LogP contribution in [0.1, 0.15) is 6.92 Å². The van der Waals surface area contributed by atoms with Crippen molar-refractivity contribution in [2.45, 2.75) is 13.0 Å². The van der Waals surface area contributed by atoms with Crippen molar-refractivity contribution in [2.24, 2.45) is 0 Å². The van der Waals surface area contributed by atoms with Crippen molar-refractivity contribution >= 4 is 28.9 Å². The van der Waals surface area contributed by atoms with E-state index in [1.54, 1.807) is 48.2 Å². The topological polar surface area (TPSA) is 75.9 Å². The van der Waals surface area contributed by atoms with E-state index in [9.17, 15) is 14.9 Å². The molecular weight excluding hydrogens is 370 g/mol. The Morgan fingerprint density at radius 3 is 2.22 bits per heavy atom. The van der Waals surface area contributed by atoms with Gasteiger partial charge in [0.05, 0.1) is 4.92 Å². The Morgan fingerprint density at radius 1 is 1.07 bits per heavy atom. The largest absolute Gasteiger partial charge is 0.481 e. The summed E-state index contributed by atoms with van der Waals surface area (Å²) in [5.41, 5.74) is 0.985. The number of nitrogens with zero attached hydrogens (tertiary/aromatic N) is 3. The van der Waals surface area contributed by atoms with Crippen LogP contribution in [0.3, 0.4) is 0 Å². The molecule has 2 aromatic carbocycles. The van der Waals surface area contributed by atoms with Gasteiger partial charge in [0.2, 0.25) is 0 Å². The van der Waals surface area contributed by atoms with Crippen LogP contribution in [0.25, 0.3) is 0 Å². The fraction of sp³-hybridized carbons (Fsp3) is 0.316. The van der Waals surface area contributed by atoms with Gasteiger partial charge < -0.3 is 14.5 Å². The van der Waals surface area contributed by atoms with E-state index in [0.29, 0.717) is 37.0 Å². The fourth-order valence-corrected chi connectivity index (χ4v) is 3.12. The number of piperazine rings is 1. The van der Waals surface area contributed by atoms with Crippen LogP contribution in [0, 0.1) is 10.1 Å². The van der Waals surface area contributed by atoms with E-state index in [1.165, 1.54) is 12.1 Å². The summed E-state index contributed by atoms with van der Waals surface area (Å²) in [5.74, 6) is 0.540. The number of ether oxygens (including phenoxy) is 1. The highest BCUT2D eigenvalue weighted by atomic mass is 35.5. The lowest BCUT2D eigenvalue weighted by Gasteiger charge is -2.37. The number of amides is 1. The number of hydrogen-bond donors (Lipinski definition) is 0. The second kappa shape index (κ2) is 8.26. The van der Waals surface area contributed by atoms with Crippen LogP contribution in [0.15, 0.2) is 48.5 Å². The third-order valence-electron chi connectivity index (χ3n) is 4.49. The van der Waals surface area contributed by atoms with Gasteiger partial charge in [0.15, 0.2) is 6.10 Å². The summed E-state index contributed by atoms with van der Waals surface area (Å²) in [6.45, 7) is 4.21. The second-order valence-corrected chi connectivity index (χ2v) is 6.74. The molecule has 2 aromatic rings. The van der Waals surface area contributed by atoms with E-state index < -0.39 is 11.0 Å². The highest BCUT2D eigenvalue weighted by molar-refractivity contribution is 6.30. The molecule has 8 heteroatoms. The van der Waals surface area contributed by atoms with Gasteiger partial charge in [0.1, 0.15) is 5.75 Å². The van der Waals surface area contributed by atoms with E-state index in [-0.39, 0.29) is 11.6 Å². The molecule has 1 amide bonds. The summed E-state index contributed by atoms with van der Waals surface area (Å²) >= 11 is 5.85. The van der Waals surface area contributed by atoms with Gasteiger partial charge in [-0.3, -0.25) is 14.9 Å². The van der Waals surface area contributed by atoms with E-state index >= 15 is 0 Å². The third-order valence-corrected chi connectivity index (χ3v) is 4.74. The molecule has 0 radical (unpaired) electrons. The predicted octanol–water partition coefficient (Wildman–Crippen LogP) is 3.36. The van der Waals surface area contributed by atoms with Gasteiger partial charge >= 0.3 is 0 Å². The summed E-state index contributed by atoms with van der Waals surface area (Å²) < 4.78 is 5.70. The SMILES string of the molecule is C[C@H](Oc1ccc(Cl)cc1)C(=O)N1CCN(c2ccc([N+](=O)[O-])cc2)CC1. The molecule has 1 aliphatic rings. The van der Waals surface area contributed by atoms with E-state index in [1.807, 2.05) is 0 Å². The van der Waals surface area contributed by atoms with Crippen LogP contribution in [0.4, 0.5) is 11.4 Å². The average Bonchev–Trinajstić information content (AvgIpc) is 2.69. The van der Waals surface area contributed by atoms with Gasteiger partial charge in [0.25, 0.3) is 11.6 Å². The minimum atomic E-state index is -0.586. The third kappa shape index (κ3) is 4.68. The van der Waals surface area contributed by atoms with E-state index in [0.717, 1.165) is 5.69 Å². The van der Waals surface area contributed by atoms with Crippen LogP contribution in [-0.2, 0) is 4.79 Å². The molecule has 0 aliphatic carbocycles. The Hall–Kier alpha value is -2.80. The number of nitro benzene ring substituents is 1. The summed E-state index contributed by atoms with van der Waals surface area (Å²) in [5, 5.41) is 11.4. The molecule has 0 unspecified atom stereocenters. The maximum absolute atomic E-state index is 12.6. The van der Waals surface area contributed by atoms with E-state index in [2.05, 4.69) is 4.90 Å². The predicted molar refractivity (Wildman–Crippen MR) is 103 cm³/mol. The number of halogens is 1. The van der Waals surface area contributed by atoms with E-state index in [4.69, 9.17) is 16.3 Å². The average molecular weight is 390 g/mol. The minimum absolute atomic E-state index is 0.0618. The first kappa shape index (κ1) is 19.0. The van der Waals surface area contributed by atoms with Crippen molar-refractivity contribution < 1.29 is 14.5 Å². The monoisotopic (exact) mass is 389 g/mol. The highest BCUT2D eigenvalue weighted by Gasteiger charge is 2.26. The first-order valence-corrected chi connectivity index (χ1v) is 9.02. The molecule has 1 fully saturated rings. The lowest BCUT2D eigenvalue weighted by Crippen LogP contribution is -2.52. The van der Waals surface area contributed by atoms with Crippen molar-refractivity contribution in [1.29, 1.82) is 0 Å². The van der Waals surface area contributed by atoms with Gasteiger partial charge in [-0.2, -0.15) is 0 Å². The summed E-state index contributed by atoms with van der Waals surface area (Å²) in [6, 6.07) is 13.4. The van der Waals surface area contributed by atoms with Gasteiger partial charge in [-0.15, -0.1) is 0 Å². The first-order chi connectivity index (χ1) is 12.9. The Balaban J connectivity index is 1.54. The molecule has 1 atom stereocenters. The molecule has 1 heterocycles. The maximum atomic E-state index is 12.6. The van der Waals surface area contributed by atoms with Crippen LogP contribution in [0.2, 0.25) is 5.02 Å². The maximum Gasteiger partial charge on any atom is 0.269 e. The molecule has 7 nitrogen and oxygen atoms in total. The van der Waals surface area contributed by atoms with Crippen molar-refractivity contribution in [3.05, 3.63) is 63.7 Å². The highest BCUT2D eigenvalue weighted by Crippen LogP contribution is 2.21. The van der Waals surface area contributed by atoms with Gasteiger partial charge in [-0.1, -0.05) is 11.6 Å². The number of rotatable bonds is 5. The number of benzene rings is 2. The number of hydrogen-bond acceptors (Lipinski definition) is 5. The van der Waals surface area contributed by atoms with Crippen LogP contribution >= 0.6 is 11.6 Å². The quantitative estimate of drug-likeness (QED) is 0.579. The van der Waals surface area contributed by atoms with Gasteiger partial charge in [0, 0.05) is 49.0 Å². The zero-order valence-electron chi connectivity index (χ0n) is 14.9. The summed E-state index contributed by atoms with van der Waals surface area (Å²) in [7, 11) is 0. The number of anilines is 1. The Kier molecular flexibility index (Phi) is 5.81. The zero-order valence-corrected chi connectivity index (χ0v) is 15.6. The Bertz CT molecular complexity index is 803. The van der Waals surface area contributed by atoms with Crippen molar-refractivity contribution in [2.75, 3.05) is 31.1 Å². The molecule has 0 N–H and O–H groups in total. The molecule has 0 aromatic heterocycles. The molecule has 0 saturated carbocycles. The van der Waals surface area contributed by atoms with Crippen LogP contribution < -0.4 is 9.64 Å². The molecule has 0 spiro atoms. The lowest BCUT2D eigenvalue weighted by atomic mass is 10.2. The standard InChI is InChI=1S/C19H20ClN3O4/c1-14(27-18-8-2-15(20)3-9-18)19(24)22-12-10-21(11-13-22)16-4-6-17(7-5-16)23(25)26/h2-9,14H,10-13H2,1H3/t14-/m0/s1. The lowest BCUT2D eigenvalue weighted by molar-refractivity contribution is -0.384. The number of carbonyl (C=O) groups is 1. The smallest absolute Gasteiger partial charge is 0.269 e. The van der Waals surface area contributed by atoms with Crippen molar-refractivity contribution in [1.82, 2.24) is 4.90 Å². The van der Waals surface area contributed by atoms with Crippen LogP contribution in [-0.4, -0.2) is 48.0 Å². The van der Waals surface area contributed by atoms with Gasteiger partial charge in [-0.25, -0.2) is 0 Å². The number of nitro groups is 1. The Morgan fingerprint density at radius 2 is 1.67 bits per heavy atom. The molecule has 0 bridgehead atoms. The van der Waals surface area contributed by atoms with Crippen molar-refractivity contribution in [3.8, 4) is 5.75 Å². The number of non-ortho nitro benzene ring substituents is 1. The Labute approximate surface area is 162 Å². The molecule has 3 rings (SSSR count). The normalized spacial score (nSPS) is 15.3. The molecule has 142 valence electrons.